The van der Waals surface area contributed by atoms with E-state index < -0.39 is 0 Å². The van der Waals surface area contributed by atoms with Crippen LogP contribution >= 0.6 is 0 Å². The second-order valence-electron chi connectivity index (χ2n) is 7.01. The molecule has 0 radical (unpaired) electrons. The molecule has 0 spiro atoms. The number of hydrogen-bond acceptors (Lipinski definition) is 3. The van der Waals surface area contributed by atoms with Gasteiger partial charge in [-0.1, -0.05) is 30.3 Å². The van der Waals surface area contributed by atoms with E-state index in [1.54, 1.807) is 7.11 Å². The van der Waals surface area contributed by atoms with E-state index in [9.17, 15) is 0 Å². The van der Waals surface area contributed by atoms with Gasteiger partial charge >= 0.3 is 0 Å². The van der Waals surface area contributed by atoms with Crippen molar-refractivity contribution in [3.63, 3.8) is 0 Å². The first-order valence-corrected chi connectivity index (χ1v) is 8.93. The van der Waals surface area contributed by atoms with Crippen molar-refractivity contribution in [2.75, 3.05) is 40.3 Å². The monoisotopic (exact) mass is 322 g/mol. The second-order valence-corrected chi connectivity index (χ2v) is 7.01. The zero-order valence-electron chi connectivity index (χ0n) is 14.7. The lowest BCUT2D eigenvalue weighted by molar-refractivity contribution is 0.127. The molecule has 3 heteroatoms. The molecule has 0 aromatic heterocycles. The summed E-state index contributed by atoms with van der Waals surface area (Å²) in [5, 5.41) is 0. The molecule has 126 valence electrons. The average molecular weight is 322 g/mol. The molecule has 1 aliphatic carbocycles. The number of ether oxygens (including phenoxy) is 1. The molecule has 1 saturated heterocycles. The number of aryl methyl sites for hydroxylation is 2. The molecule has 1 heterocycles. The summed E-state index contributed by atoms with van der Waals surface area (Å²) in [7, 11) is 3.98. The van der Waals surface area contributed by atoms with Crippen LogP contribution in [-0.4, -0.2) is 50.1 Å². The van der Waals surface area contributed by atoms with Gasteiger partial charge in [-0.05, 0) is 54.3 Å². The molecular formula is C21H26N2O. The summed E-state index contributed by atoms with van der Waals surface area (Å²) in [5.41, 5.74) is 5.88. The predicted octanol–water partition coefficient (Wildman–Crippen LogP) is 3.13. The zero-order valence-corrected chi connectivity index (χ0v) is 14.7. The van der Waals surface area contributed by atoms with Crippen LogP contribution in [0.2, 0.25) is 0 Å². The molecule has 1 fully saturated rings. The first-order chi connectivity index (χ1) is 11.8. The van der Waals surface area contributed by atoms with Gasteiger partial charge in [0.25, 0.3) is 0 Å². The largest absolute Gasteiger partial charge is 0.497 e. The van der Waals surface area contributed by atoms with Crippen LogP contribution in [0.5, 0.6) is 5.75 Å². The molecule has 2 aliphatic rings. The SMILES string of the molecule is COc1ccc2c(c1)C(N1CCN(C)CC1)c1ccccc1CC2. The third-order valence-electron chi connectivity index (χ3n) is 5.56. The van der Waals surface area contributed by atoms with Crippen molar-refractivity contribution < 1.29 is 4.74 Å². The fourth-order valence-corrected chi connectivity index (χ4v) is 4.12. The lowest BCUT2D eigenvalue weighted by atomic mass is 9.92. The van der Waals surface area contributed by atoms with Gasteiger partial charge in [-0.25, -0.2) is 0 Å². The van der Waals surface area contributed by atoms with Crippen LogP contribution in [0.3, 0.4) is 0 Å². The molecule has 0 saturated carbocycles. The van der Waals surface area contributed by atoms with Gasteiger partial charge in [-0.3, -0.25) is 4.90 Å². The molecule has 0 N–H and O–H groups in total. The van der Waals surface area contributed by atoms with Crippen molar-refractivity contribution in [2.24, 2.45) is 0 Å². The van der Waals surface area contributed by atoms with Crippen molar-refractivity contribution in [3.05, 3.63) is 64.7 Å². The molecule has 3 nitrogen and oxygen atoms in total. The Balaban J connectivity index is 1.82. The third-order valence-corrected chi connectivity index (χ3v) is 5.56. The smallest absolute Gasteiger partial charge is 0.119 e. The molecule has 0 bridgehead atoms. The van der Waals surface area contributed by atoms with E-state index in [-0.39, 0.29) is 0 Å². The van der Waals surface area contributed by atoms with E-state index in [1.807, 2.05) is 0 Å². The van der Waals surface area contributed by atoms with Crippen LogP contribution < -0.4 is 4.74 Å². The highest BCUT2D eigenvalue weighted by atomic mass is 16.5. The Labute approximate surface area is 144 Å². The Morgan fingerprint density at radius 2 is 1.58 bits per heavy atom. The van der Waals surface area contributed by atoms with E-state index in [2.05, 4.69) is 59.3 Å². The van der Waals surface area contributed by atoms with Gasteiger partial charge in [0.15, 0.2) is 0 Å². The molecule has 24 heavy (non-hydrogen) atoms. The minimum absolute atomic E-state index is 0.350. The minimum atomic E-state index is 0.350. The highest BCUT2D eigenvalue weighted by molar-refractivity contribution is 5.47. The predicted molar refractivity (Wildman–Crippen MR) is 97.8 cm³/mol. The van der Waals surface area contributed by atoms with Crippen LogP contribution in [0.1, 0.15) is 28.3 Å². The van der Waals surface area contributed by atoms with Crippen molar-refractivity contribution in [1.82, 2.24) is 9.80 Å². The minimum Gasteiger partial charge on any atom is -0.497 e. The quantitative estimate of drug-likeness (QED) is 0.845. The van der Waals surface area contributed by atoms with Crippen molar-refractivity contribution in [2.45, 2.75) is 18.9 Å². The molecular weight excluding hydrogens is 296 g/mol. The number of nitrogens with zero attached hydrogens (tertiary/aromatic N) is 2. The lowest BCUT2D eigenvalue weighted by Gasteiger charge is -2.39. The van der Waals surface area contributed by atoms with E-state index in [4.69, 9.17) is 4.74 Å². The molecule has 4 rings (SSSR count). The Hall–Kier alpha value is -1.84. The van der Waals surface area contributed by atoms with Gasteiger partial charge < -0.3 is 9.64 Å². The average Bonchev–Trinajstić information content (AvgIpc) is 2.79. The summed E-state index contributed by atoms with van der Waals surface area (Å²) < 4.78 is 5.54. The number of likely N-dealkylation sites (N-methyl/N-ethyl adjacent to an activating group) is 1. The summed E-state index contributed by atoms with van der Waals surface area (Å²) in [6.45, 7) is 4.51. The molecule has 1 atom stereocenters. The van der Waals surface area contributed by atoms with Crippen LogP contribution in [0.4, 0.5) is 0 Å². The van der Waals surface area contributed by atoms with Crippen LogP contribution in [-0.2, 0) is 12.8 Å². The number of fused-ring (bicyclic) bond motifs is 2. The Morgan fingerprint density at radius 3 is 2.33 bits per heavy atom. The molecule has 1 unspecified atom stereocenters. The Bertz CT molecular complexity index is 720. The van der Waals surface area contributed by atoms with Crippen LogP contribution in [0.15, 0.2) is 42.5 Å². The third kappa shape index (κ3) is 2.83. The first-order valence-electron chi connectivity index (χ1n) is 8.93. The number of benzene rings is 2. The Morgan fingerprint density at radius 1 is 0.875 bits per heavy atom. The normalized spacial score (nSPS) is 21.7. The van der Waals surface area contributed by atoms with Crippen molar-refractivity contribution in [1.29, 1.82) is 0 Å². The van der Waals surface area contributed by atoms with Gasteiger partial charge in [0.05, 0.1) is 13.2 Å². The zero-order chi connectivity index (χ0) is 16.5. The van der Waals surface area contributed by atoms with Gasteiger partial charge in [-0.15, -0.1) is 0 Å². The summed E-state index contributed by atoms with van der Waals surface area (Å²) >= 11 is 0. The molecule has 1 aliphatic heterocycles. The maximum atomic E-state index is 5.54. The highest BCUT2D eigenvalue weighted by Crippen LogP contribution is 2.38. The molecule has 2 aromatic carbocycles. The fourth-order valence-electron chi connectivity index (χ4n) is 4.12. The summed E-state index contributed by atoms with van der Waals surface area (Å²) in [6, 6.07) is 16.0. The number of rotatable bonds is 2. The first kappa shape index (κ1) is 15.7. The van der Waals surface area contributed by atoms with Crippen LogP contribution in [0.25, 0.3) is 0 Å². The fraction of sp³-hybridized carbons (Fsp3) is 0.429. The van der Waals surface area contributed by atoms with E-state index in [0.29, 0.717) is 6.04 Å². The van der Waals surface area contributed by atoms with Gasteiger partial charge in [0.1, 0.15) is 5.75 Å². The topological polar surface area (TPSA) is 15.7 Å². The van der Waals surface area contributed by atoms with Crippen molar-refractivity contribution in [3.8, 4) is 5.75 Å². The number of methoxy groups -OCH3 is 1. The maximum absolute atomic E-state index is 5.54. The summed E-state index contributed by atoms with van der Waals surface area (Å²) in [6.07, 6.45) is 2.24. The lowest BCUT2D eigenvalue weighted by Crippen LogP contribution is -2.46. The maximum Gasteiger partial charge on any atom is 0.119 e. The molecule has 0 amide bonds. The van der Waals surface area contributed by atoms with E-state index >= 15 is 0 Å². The summed E-state index contributed by atoms with van der Waals surface area (Å²) in [5.74, 6) is 0.965. The van der Waals surface area contributed by atoms with Crippen LogP contribution in [0, 0.1) is 0 Å². The van der Waals surface area contributed by atoms with E-state index in [0.717, 1.165) is 44.8 Å². The summed E-state index contributed by atoms with van der Waals surface area (Å²) in [4.78, 5) is 5.08. The van der Waals surface area contributed by atoms with Crippen molar-refractivity contribution >= 4 is 0 Å². The number of hydrogen-bond donors (Lipinski definition) is 0. The standard InChI is InChI=1S/C21H26N2O/c1-22-11-13-23(14-12-22)21-19-6-4-3-5-16(19)7-8-17-9-10-18(24-2)15-20(17)21/h3-6,9-10,15,21H,7-8,11-14H2,1-2H3. The highest BCUT2D eigenvalue weighted by Gasteiger charge is 2.30. The second kappa shape index (κ2) is 6.58. The Kier molecular flexibility index (Phi) is 4.30. The van der Waals surface area contributed by atoms with Gasteiger partial charge in [-0.2, -0.15) is 0 Å². The molecule has 2 aromatic rings. The van der Waals surface area contributed by atoms with E-state index in [1.165, 1.54) is 22.3 Å². The number of piperazine rings is 1. The van der Waals surface area contributed by atoms with Gasteiger partial charge in [0, 0.05) is 26.2 Å². The van der Waals surface area contributed by atoms with Gasteiger partial charge in [0.2, 0.25) is 0 Å².